The lowest BCUT2D eigenvalue weighted by Crippen LogP contribution is -2.44. The average Bonchev–Trinajstić information content (AvgIpc) is 2.59. The number of hydrogen-bond donors (Lipinski definition) is 2. The fourth-order valence-corrected chi connectivity index (χ4v) is 2.58. The molecule has 1 amide bonds. The first kappa shape index (κ1) is 21.9. The Hall–Kier alpha value is -3.43. The molecule has 1 atom stereocenters. The van der Waals surface area contributed by atoms with Crippen LogP contribution in [-0.2, 0) is 23.0 Å². The lowest BCUT2D eigenvalue weighted by Gasteiger charge is -2.22. The number of ether oxygens (including phenoxy) is 1. The predicted molar refractivity (Wildman–Crippen MR) is 104 cm³/mol. The van der Waals surface area contributed by atoms with Gasteiger partial charge in [-0.3, -0.25) is 4.79 Å². The summed E-state index contributed by atoms with van der Waals surface area (Å²) >= 11 is 0. The molecule has 2 N–H and O–H groups in total. The Labute approximate surface area is 166 Å². The summed E-state index contributed by atoms with van der Waals surface area (Å²) in [5.41, 5.74) is -0.914. The van der Waals surface area contributed by atoms with Gasteiger partial charge >= 0.3 is 17.8 Å². The first-order valence-electron chi connectivity index (χ1n) is 8.86. The number of amides is 1. The van der Waals surface area contributed by atoms with Gasteiger partial charge in [-0.1, -0.05) is 6.07 Å². The van der Waals surface area contributed by atoms with E-state index in [1.54, 1.807) is 33.8 Å². The second kappa shape index (κ2) is 8.29. The zero-order valence-corrected chi connectivity index (χ0v) is 16.9. The Kier molecular flexibility index (Phi) is 6.25. The van der Waals surface area contributed by atoms with E-state index in [0.717, 1.165) is 4.57 Å². The second-order valence-electron chi connectivity index (χ2n) is 7.61. The number of aryl methyl sites for hydroxylation is 2. The van der Waals surface area contributed by atoms with Crippen LogP contribution in [0, 0.1) is 6.92 Å². The molecule has 0 fully saturated rings. The molecule has 2 aromatic heterocycles. The van der Waals surface area contributed by atoms with E-state index in [-0.39, 0.29) is 12.2 Å². The fraction of sp³-hybridized carbons (Fsp3) is 0.421. The van der Waals surface area contributed by atoms with Crippen molar-refractivity contribution in [3.05, 3.63) is 56.5 Å². The van der Waals surface area contributed by atoms with Gasteiger partial charge in [-0.15, -0.1) is 0 Å². The summed E-state index contributed by atoms with van der Waals surface area (Å²) in [4.78, 5) is 52.0. The monoisotopic (exact) mass is 404 g/mol. The quantitative estimate of drug-likeness (QED) is 0.752. The van der Waals surface area contributed by atoms with Gasteiger partial charge in [0.2, 0.25) is 0 Å². The number of aliphatic carboxylic acids is 1. The maximum Gasteiger partial charge on any atom is 0.408 e. The van der Waals surface area contributed by atoms with E-state index in [0.29, 0.717) is 11.1 Å². The molecule has 10 nitrogen and oxygen atoms in total. The van der Waals surface area contributed by atoms with Gasteiger partial charge in [-0.05, 0) is 39.3 Å². The molecule has 0 saturated heterocycles. The van der Waals surface area contributed by atoms with Gasteiger partial charge in [-0.2, -0.15) is 0 Å². The number of pyridine rings is 1. The van der Waals surface area contributed by atoms with Crippen molar-refractivity contribution in [3.8, 4) is 5.82 Å². The molecule has 0 saturated carbocycles. The van der Waals surface area contributed by atoms with Crippen LogP contribution in [0.15, 0.2) is 34.1 Å². The molecule has 2 rings (SSSR count). The summed E-state index contributed by atoms with van der Waals surface area (Å²) in [6, 6.07) is 1.76. The summed E-state index contributed by atoms with van der Waals surface area (Å²) in [5, 5.41) is 11.7. The molecule has 2 heterocycles. The first-order valence-corrected chi connectivity index (χ1v) is 8.86. The molecule has 0 aliphatic carbocycles. The number of carbonyl (C=O) groups excluding carboxylic acids is 1. The van der Waals surface area contributed by atoms with E-state index in [4.69, 9.17) is 4.74 Å². The minimum Gasteiger partial charge on any atom is -0.480 e. The number of aromatic nitrogens is 3. The number of nitrogens with zero attached hydrogens (tertiary/aromatic N) is 3. The number of carboxylic acids is 1. The molecule has 0 spiro atoms. The molecule has 10 heteroatoms. The molecule has 2 aromatic rings. The van der Waals surface area contributed by atoms with Crippen molar-refractivity contribution < 1.29 is 19.4 Å². The van der Waals surface area contributed by atoms with Gasteiger partial charge in [0.15, 0.2) is 0 Å². The topological polar surface area (TPSA) is 133 Å². The number of carbonyl (C=O) groups is 2. The summed E-state index contributed by atoms with van der Waals surface area (Å²) in [6.07, 6.45) is 1.90. The molecule has 0 aliphatic rings. The van der Waals surface area contributed by atoms with Crippen LogP contribution < -0.4 is 16.6 Å². The smallest absolute Gasteiger partial charge is 0.408 e. The molecule has 0 unspecified atom stereocenters. The molecule has 0 radical (unpaired) electrons. The van der Waals surface area contributed by atoms with E-state index >= 15 is 0 Å². The summed E-state index contributed by atoms with van der Waals surface area (Å²) in [6.45, 7) is 6.60. The van der Waals surface area contributed by atoms with E-state index in [9.17, 15) is 24.3 Å². The van der Waals surface area contributed by atoms with Crippen molar-refractivity contribution in [3.63, 3.8) is 0 Å². The summed E-state index contributed by atoms with van der Waals surface area (Å²) in [5.74, 6) is -1.11. The fourth-order valence-electron chi connectivity index (χ4n) is 2.58. The van der Waals surface area contributed by atoms with Gasteiger partial charge in [-0.25, -0.2) is 23.9 Å². The number of nitrogens with one attached hydrogen (secondary N) is 1. The molecule has 0 bridgehead atoms. The highest BCUT2D eigenvalue weighted by atomic mass is 16.6. The zero-order valence-electron chi connectivity index (χ0n) is 16.9. The summed E-state index contributed by atoms with van der Waals surface area (Å²) < 4.78 is 7.29. The third-order valence-electron chi connectivity index (χ3n) is 3.89. The standard InChI is InChI=1S/C19H24N4O6/c1-11-10-22(5)18(28)23(15(11)24)14-7-6-12(9-20-14)8-13(16(25)26)21-17(27)29-19(2,3)4/h6-7,9-10,13H,8H2,1-5H3,(H,21,27)(H,25,26)/t13-/m0/s1. The Morgan fingerprint density at radius 2 is 1.93 bits per heavy atom. The van der Waals surface area contributed by atoms with Gasteiger partial charge in [0.1, 0.15) is 17.5 Å². The van der Waals surface area contributed by atoms with Crippen molar-refractivity contribution in [1.29, 1.82) is 0 Å². The third-order valence-corrected chi connectivity index (χ3v) is 3.89. The Morgan fingerprint density at radius 3 is 2.45 bits per heavy atom. The molecule has 0 aromatic carbocycles. The van der Waals surface area contributed by atoms with Crippen LogP contribution in [0.3, 0.4) is 0 Å². The maximum absolute atomic E-state index is 12.3. The van der Waals surface area contributed by atoms with Gasteiger partial charge in [0, 0.05) is 31.4 Å². The van der Waals surface area contributed by atoms with Crippen LogP contribution in [0.2, 0.25) is 0 Å². The predicted octanol–water partition coefficient (Wildman–Crippen LogP) is 0.760. The molecular weight excluding hydrogens is 380 g/mol. The van der Waals surface area contributed by atoms with Crippen LogP contribution in [-0.4, -0.2) is 42.9 Å². The Balaban J connectivity index is 2.24. The van der Waals surface area contributed by atoms with Crippen molar-refractivity contribution in [2.75, 3.05) is 0 Å². The lowest BCUT2D eigenvalue weighted by atomic mass is 10.1. The van der Waals surface area contributed by atoms with Gasteiger partial charge in [0.05, 0.1) is 0 Å². The average molecular weight is 404 g/mol. The second-order valence-corrected chi connectivity index (χ2v) is 7.61. The highest BCUT2D eigenvalue weighted by molar-refractivity contribution is 5.80. The van der Waals surface area contributed by atoms with E-state index in [1.807, 2.05) is 0 Å². The van der Waals surface area contributed by atoms with E-state index in [1.165, 1.54) is 30.1 Å². The largest absolute Gasteiger partial charge is 0.480 e. The van der Waals surface area contributed by atoms with Crippen LogP contribution in [0.25, 0.3) is 5.82 Å². The Morgan fingerprint density at radius 1 is 1.28 bits per heavy atom. The number of alkyl carbamates (subject to hydrolysis) is 1. The van der Waals surface area contributed by atoms with Gasteiger partial charge < -0.3 is 19.7 Å². The molecule has 156 valence electrons. The van der Waals surface area contributed by atoms with Gasteiger partial charge in [0.25, 0.3) is 5.56 Å². The van der Waals surface area contributed by atoms with Crippen molar-refractivity contribution >= 4 is 12.1 Å². The maximum atomic E-state index is 12.3. The SMILES string of the molecule is Cc1cn(C)c(=O)n(-c2ccc(C[C@H](NC(=O)OC(C)(C)C)C(=O)O)cn2)c1=O. The highest BCUT2D eigenvalue weighted by Gasteiger charge is 2.24. The first-order chi connectivity index (χ1) is 13.4. The van der Waals surface area contributed by atoms with Crippen molar-refractivity contribution in [2.24, 2.45) is 7.05 Å². The van der Waals surface area contributed by atoms with Crippen molar-refractivity contribution in [1.82, 2.24) is 19.4 Å². The molecular formula is C19H24N4O6. The highest BCUT2D eigenvalue weighted by Crippen LogP contribution is 2.09. The minimum atomic E-state index is -1.23. The number of rotatable bonds is 5. The number of carboxylic acid groups (broad SMARTS) is 1. The lowest BCUT2D eigenvalue weighted by molar-refractivity contribution is -0.139. The number of hydrogen-bond acceptors (Lipinski definition) is 6. The molecule has 0 aliphatic heterocycles. The summed E-state index contributed by atoms with van der Waals surface area (Å²) in [7, 11) is 1.53. The molecule has 29 heavy (non-hydrogen) atoms. The third kappa shape index (κ3) is 5.53. The van der Waals surface area contributed by atoms with E-state index in [2.05, 4.69) is 10.3 Å². The van der Waals surface area contributed by atoms with Crippen LogP contribution in [0.5, 0.6) is 0 Å². The Bertz CT molecular complexity index is 996. The van der Waals surface area contributed by atoms with Crippen LogP contribution in [0.1, 0.15) is 31.9 Å². The normalized spacial score (nSPS) is 12.3. The minimum absolute atomic E-state index is 0.0530. The van der Waals surface area contributed by atoms with Crippen LogP contribution >= 0.6 is 0 Å². The van der Waals surface area contributed by atoms with Crippen molar-refractivity contribution in [2.45, 2.75) is 45.8 Å². The van der Waals surface area contributed by atoms with E-state index < -0.39 is 35.0 Å². The zero-order chi connectivity index (χ0) is 21.9. The van der Waals surface area contributed by atoms with Crippen LogP contribution in [0.4, 0.5) is 4.79 Å².